The standard InChI is InChI=1S/C19H20N2O2/c1-5-17(22)20-15-8-6-7-14(13(15)4)19-21-16-10-11(2)9-12(3)18(16)23-19/h6-10H,5H2,1-4H3,(H,20,22). The number of fused-ring (bicyclic) bond motifs is 1. The van der Waals surface area contributed by atoms with Gasteiger partial charge in [-0.1, -0.05) is 19.1 Å². The Hall–Kier alpha value is -2.62. The molecule has 23 heavy (non-hydrogen) atoms. The van der Waals surface area contributed by atoms with Crippen molar-refractivity contribution in [3.05, 3.63) is 47.0 Å². The van der Waals surface area contributed by atoms with Gasteiger partial charge >= 0.3 is 0 Å². The Morgan fingerprint density at radius 3 is 2.74 bits per heavy atom. The summed E-state index contributed by atoms with van der Waals surface area (Å²) in [5.74, 6) is 0.577. The molecule has 1 heterocycles. The lowest BCUT2D eigenvalue weighted by Gasteiger charge is -2.10. The summed E-state index contributed by atoms with van der Waals surface area (Å²) in [5.41, 5.74) is 6.56. The highest BCUT2D eigenvalue weighted by Gasteiger charge is 2.15. The van der Waals surface area contributed by atoms with Crippen LogP contribution in [0.3, 0.4) is 0 Å². The summed E-state index contributed by atoms with van der Waals surface area (Å²) in [4.78, 5) is 16.3. The van der Waals surface area contributed by atoms with E-state index in [1.165, 1.54) is 0 Å². The van der Waals surface area contributed by atoms with Crippen LogP contribution in [0.15, 0.2) is 34.7 Å². The number of hydrogen-bond acceptors (Lipinski definition) is 3. The molecule has 0 aliphatic rings. The number of amides is 1. The molecule has 1 N–H and O–H groups in total. The summed E-state index contributed by atoms with van der Waals surface area (Å²) in [6.45, 7) is 7.87. The largest absolute Gasteiger partial charge is 0.436 e. The van der Waals surface area contributed by atoms with E-state index >= 15 is 0 Å². The quantitative estimate of drug-likeness (QED) is 0.758. The first kappa shape index (κ1) is 15.3. The molecule has 0 unspecified atom stereocenters. The summed E-state index contributed by atoms with van der Waals surface area (Å²) in [6, 6.07) is 9.87. The second-order valence-corrected chi connectivity index (χ2v) is 5.83. The van der Waals surface area contributed by atoms with Gasteiger partial charge in [-0.2, -0.15) is 0 Å². The van der Waals surface area contributed by atoms with Crippen molar-refractivity contribution in [3.8, 4) is 11.5 Å². The summed E-state index contributed by atoms with van der Waals surface area (Å²) < 4.78 is 5.98. The average Bonchev–Trinajstić information content (AvgIpc) is 2.93. The highest BCUT2D eigenvalue weighted by atomic mass is 16.3. The number of anilines is 1. The maximum absolute atomic E-state index is 11.7. The predicted molar refractivity (Wildman–Crippen MR) is 92.6 cm³/mol. The van der Waals surface area contributed by atoms with Gasteiger partial charge in [0.25, 0.3) is 0 Å². The molecule has 118 valence electrons. The minimum absolute atomic E-state index is 0.00529. The summed E-state index contributed by atoms with van der Waals surface area (Å²) in [5, 5.41) is 2.92. The normalized spacial score (nSPS) is 11.0. The Bertz CT molecular complexity index is 894. The number of oxazole rings is 1. The van der Waals surface area contributed by atoms with Crippen LogP contribution in [-0.4, -0.2) is 10.9 Å². The molecule has 0 fully saturated rings. The van der Waals surface area contributed by atoms with E-state index in [9.17, 15) is 4.79 Å². The van der Waals surface area contributed by atoms with Crippen LogP contribution in [0.4, 0.5) is 5.69 Å². The number of carbonyl (C=O) groups is 1. The fourth-order valence-corrected chi connectivity index (χ4v) is 2.73. The highest BCUT2D eigenvalue weighted by Crippen LogP contribution is 2.32. The second-order valence-electron chi connectivity index (χ2n) is 5.83. The topological polar surface area (TPSA) is 55.1 Å². The van der Waals surface area contributed by atoms with Gasteiger partial charge in [0.05, 0.1) is 0 Å². The van der Waals surface area contributed by atoms with Crippen molar-refractivity contribution in [1.29, 1.82) is 0 Å². The van der Waals surface area contributed by atoms with Gasteiger partial charge in [0.1, 0.15) is 5.52 Å². The first-order valence-electron chi connectivity index (χ1n) is 7.77. The van der Waals surface area contributed by atoms with E-state index in [0.717, 1.165) is 39.0 Å². The van der Waals surface area contributed by atoms with E-state index in [1.807, 2.05) is 52.0 Å². The number of nitrogens with zero attached hydrogens (tertiary/aromatic N) is 1. The molecule has 0 bridgehead atoms. The molecule has 0 atom stereocenters. The van der Waals surface area contributed by atoms with Crippen LogP contribution in [0.25, 0.3) is 22.6 Å². The number of benzene rings is 2. The van der Waals surface area contributed by atoms with E-state index in [4.69, 9.17) is 4.42 Å². The van der Waals surface area contributed by atoms with Gasteiger partial charge in [-0.3, -0.25) is 4.79 Å². The van der Waals surface area contributed by atoms with Crippen LogP contribution in [0.5, 0.6) is 0 Å². The molecule has 0 aliphatic carbocycles. The van der Waals surface area contributed by atoms with Crippen molar-refractivity contribution >= 4 is 22.7 Å². The number of rotatable bonds is 3. The van der Waals surface area contributed by atoms with E-state index in [-0.39, 0.29) is 5.91 Å². The van der Waals surface area contributed by atoms with Gasteiger partial charge in [-0.05, 0) is 55.7 Å². The fraction of sp³-hybridized carbons (Fsp3) is 0.263. The highest BCUT2D eigenvalue weighted by molar-refractivity contribution is 5.92. The monoisotopic (exact) mass is 308 g/mol. The molecule has 1 aromatic heterocycles. The average molecular weight is 308 g/mol. The Morgan fingerprint density at radius 2 is 2.00 bits per heavy atom. The third kappa shape index (κ3) is 2.84. The second kappa shape index (κ2) is 5.88. The molecule has 4 nitrogen and oxygen atoms in total. The SMILES string of the molecule is CCC(=O)Nc1cccc(-c2nc3cc(C)cc(C)c3o2)c1C. The maximum Gasteiger partial charge on any atom is 0.227 e. The van der Waals surface area contributed by atoms with Crippen molar-refractivity contribution in [2.24, 2.45) is 0 Å². The molecule has 3 aromatic rings. The van der Waals surface area contributed by atoms with Crippen molar-refractivity contribution in [2.45, 2.75) is 34.1 Å². The number of aryl methyl sites for hydroxylation is 2. The maximum atomic E-state index is 11.7. The number of hydrogen-bond donors (Lipinski definition) is 1. The molecule has 2 aromatic carbocycles. The Kier molecular flexibility index (Phi) is 3.90. The Balaban J connectivity index is 2.10. The third-order valence-corrected chi connectivity index (χ3v) is 3.98. The Morgan fingerprint density at radius 1 is 1.22 bits per heavy atom. The van der Waals surface area contributed by atoms with Crippen LogP contribution in [0.2, 0.25) is 0 Å². The van der Waals surface area contributed by atoms with Gasteiger partial charge in [0, 0.05) is 17.7 Å². The Labute approximate surface area is 135 Å². The van der Waals surface area contributed by atoms with Gasteiger partial charge in [0.2, 0.25) is 11.8 Å². The summed E-state index contributed by atoms with van der Waals surface area (Å²) in [7, 11) is 0. The van der Waals surface area contributed by atoms with Gasteiger partial charge < -0.3 is 9.73 Å². The molecule has 0 radical (unpaired) electrons. The van der Waals surface area contributed by atoms with Crippen LogP contribution in [-0.2, 0) is 4.79 Å². The molecule has 0 saturated carbocycles. The molecule has 0 spiro atoms. The molecule has 4 heteroatoms. The molecule has 0 saturated heterocycles. The fourth-order valence-electron chi connectivity index (χ4n) is 2.73. The lowest BCUT2D eigenvalue weighted by atomic mass is 10.1. The lowest BCUT2D eigenvalue weighted by molar-refractivity contribution is -0.115. The molecular weight excluding hydrogens is 288 g/mol. The number of carbonyl (C=O) groups excluding carboxylic acids is 1. The van der Waals surface area contributed by atoms with Crippen molar-refractivity contribution in [1.82, 2.24) is 4.98 Å². The number of nitrogens with one attached hydrogen (secondary N) is 1. The zero-order valence-corrected chi connectivity index (χ0v) is 13.9. The van der Waals surface area contributed by atoms with E-state index in [0.29, 0.717) is 12.3 Å². The van der Waals surface area contributed by atoms with Crippen LogP contribution in [0, 0.1) is 20.8 Å². The molecule has 3 rings (SSSR count). The number of aromatic nitrogens is 1. The lowest BCUT2D eigenvalue weighted by Crippen LogP contribution is -2.10. The van der Waals surface area contributed by atoms with Crippen molar-refractivity contribution in [3.63, 3.8) is 0 Å². The molecule has 1 amide bonds. The van der Waals surface area contributed by atoms with Crippen molar-refractivity contribution in [2.75, 3.05) is 5.32 Å². The molecule has 0 aliphatic heterocycles. The van der Waals surface area contributed by atoms with Crippen LogP contribution >= 0.6 is 0 Å². The van der Waals surface area contributed by atoms with E-state index in [1.54, 1.807) is 0 Å². The minimum atomic E-state index is -0.00529. The third-order valence-electron chi connectivity index (χ3n) is 3.98. The van der Waals surface area contributed by atoms with Gasteiger partial charge in [-0.25, -0.2) is 4.98 Å². The predicted octanol–water partition coefficient (Wildman–Crippen LogP) is 4.77. The van der Waals surface area contributed by atoms with Gasteiger partial charge in [0.15, 0.2) is 5.58 Å². The minimum Gasteiger partial charge on any atom is -0.436 e. The summed E-state index contributed by atoms with van der Waals surface area (Å²) >= 11 is 0. The first-order chi connectivity index (χ1) is 11.0. The van der Waals surface area contributed by atoms with Crippen LogP contribution < -0.4 is 5.32 Å². The van der Waals surface area contributed by atoms with E-state index < -0.39 is 0 Å². The first-order valence-corrected chi connectivity index (χ1v) is 7.77. The molecular formula is C19H20N2O2. The van der Waals surface area contributed by atoms with Gasteiger partial charge in [-0.15, -0.1) is 0 Å². The zero-order valence-electron chi connectivity index (χ0n) is 13.9. The smallest absolute Gasteiger partial charge is 0.227 e. The zero-order chi connectivity index (χ0) is 16.6. The van der Waals surface area contributed by atoms with E-state index in [2.05, 4.69) is 16.4 Å². The van der Waals surface area contributed by atoms with Crippen LogP contribution in [0.1, 0.15) is 30.0 Å². The summed E-state index contributed by atoms with van der Waals surface area (Å²) in [6.07, 6.45) is 0.449. The van der Waals surface area contributed by atoms with Crippen molar-refractivity contribution < 1.29 is 9.21 Å².